The zero-order chi connectivity index (χ0) is 12.3. The van der Waals surface area contributed by atoms with Crippen molar-refractivity contribution >= 4 is 46.4 Å². The van der Waals surface area contributed by atoms with Crippen LogP contribution in [0.15, 0.2) is 41.8 Å². The van der Waals surface area contributed by atoms with Crippen molar-refractivity contribution in [1.82, 2.24) is 0 Å². The Bertz CT molecular complexity index is 555. The molecule has 0 aliphatic carbocycles. The minimum atomic E-state index is -0.0834. The van der Waals surface area contributed by atoms with Gasteiger partial charge in [-0.3, -0.25) is 4.79 Å². The molecule has 0 amide bonds. The van der Waals surface area contributed by atoms with E-state index in [2.05, 4.69) is 0 Å². The molecule has 2 aromatic rings. The maximum atomic E-state index is 11.8. The highest BCUT2D eigenvalue weighted by molar-refractivity contribution is 7.13. The predicted molar refractivity (Wildman–Crippen MR) is 74.1 cm³/mol. The van der Waals surface area contributed by atoms with E-state index in [1.807, 2.05) is 12.1 Å². The van der Waals surface area contributed by atoms with Crippen molar-refractivity contribution in [3.8, 4) is 0 Å². The molecule has 1 nitrogen and oxygen atoms in total. The lowest BCUT2D eigenvalue weighted by molar-refractivity contribution is 0.105. The lowest BCUT2D eigenvalue weighted by Crippen LogP contribution is -1.90. The van der Waals surface area contributed by atoms with Gasteiger partial charge in [0, 0.05) is 5.02 Å². The molecular formula is C13H8Cl2OS. The summed E-state index contributed by atoms with van der Waals surface area (Å²) in [5.41, 5.74) is 0.926. The number of hydrogen-bond acceptors (Lipinski definition) is 2. The average molecular weight is 283 g/mol. The maximum Gasteiger partial charge on any atom is 0.197 e. The second-order valence-electron chi connectivity index (χ2n) is 3.35. The van der Waals surface area contributed by atoms with E-state index in [0.29, 0.717) is 14.9 Å². The van der Waals surface area contributed by atoms with E-state index in [-0.39, 0.29) is 5.78 Å². The Morgan fingerprint density at radius 1 is 1.12 bits per heavy atom. The standard InChI is InChI=1S/C13H8Cl2OS/c14-10-4-1-9(2-5-10)3-6-12(16)13-11(15)7-8-17-13/h1-8H. The highest BCUT2D eigenvalue weighted by Gasteiger charge is 2.07. The number of benzene rings is 1. The monoisotopic (exact) mass is 282 g/mol. The highest BCUT2D eigenvalue weighted by atomic mass is 35.5. The highest BCUT2D eigenvalue weighted by Crippen LogP contribution is 2.23. The van der Waals surface area contributed by atoms with Gasteiger partial charge in [0.2, 0.25) is 0 Å². The van der Waals surface area contributed by atoms with Crippen molar-refractivity contribution in [2.24, 2.45) is 0 Å². The molecule has 0 radical (unpaired) electrons. The first-order chi connectivity index (χ1) is 8.16. The second-order valence-corrected chi connectivity index (χ2v) is 5.11. The Labute approximate surface area is 113 Å². The Morgan fingerprint density at radius 3 is 2.41 bits per heavy atom. The van der Waals surface area contributed by atoms with E-state index in [1.165, 1.54) is 17.4 Å². The van der Waals surface area contributed by atoms with Gasteiger partial charge in [-0.15, -0.1) is 11.3 Å². The molecule has 1 aromatic heterocycles. The minimum absolute atomic E-state index is 0.0834. The van der Waals surface area contributed by atoms with Gasteiger partial charge >= 0.3 is 0 Å². The summed E-state index contributed by atoms with van der Waals surface area (Å²) >= 11 is 13.0. The Morgan fingerprint density at radius 2 is 1.82 bits per heavy atom. The number of carbonyl (C=O) groups excluding carboxylic acids is 1. The van der Waals surface area contributed by atoms with Gasteiger partial charge in [0.1, 0.15) is 0 Å². The number of ketones is 1. The van der Waals surface area contributed by atoms with Crippen LogP contribution < -0.4 is 0 Å². The fourth-order valence-corrected chi connectivity index (χ4v) is 2.49. The van der Waals surface area contributed by atoms with Gasteiger partial charge in [-0.1, -0.05) is 41.4 Å². The van der Waals surface area contributed by atoms with Crippen LogP contribution in [0, 0.1) is 0 Å². The lowest BCUT2D eigenvalue weighted by Gasteiger charge is -1.94. The van der Waals surface area contributed by atoms with Crippen LogP contribution in [0.2, 0.25) is 10.0 Å². The molecule has 0 bridgehead atoms. The summed E-state index contributed by atoms with van der Waals surface area (Å²) in [6, 6.07) is 8.98. The molecule has 0 saturated carbocycles. The molecule has 0 unspecified atom stereocenters. The molecule has 0 spiro atoms. The molecule has 17 heavy (non-hydrogen) atoms. The van der Waals surface area contributed by atoms with E-state index < -0.39 is 0 Å². The van der Waals surface area contributed by atoms with E-state index in [0.717, 1.165) is 5.56 Å². The molecule has 0 aliphatic rings. The summed E-state index contributed by atoms with van der Waals surface area (Å²) < 4.78 is 0. The summed E-state index contributed by atoms with van der Waals surface area (Å²) in [7, 11) is 0. The van der Waals surface area contributed by atoms with Crippen LogP contribution in [0.4, 0.5) is 0 Å². The number of allylic oxidation sites excluding steroid dienone is 1. The van der Waals surface area contributed by atoms with Crippen molar-refractivity contribution in [3.63, 3.8) is 0 Å². The molecule has 0 N–H and O–H groups in total. The third kappa shape index (κ3) is 3.19. The first-order valence-corrected chi connectivity index (χ1v) is 6.51. The summed E-state index contributed by atoms with van der Waals surface area (Å²) in [6.07, 6.45) is 3.26. The molecule has 1 aromatic carbocycles. The van der Waals surface area contributed by atoms with Gasteiger partial charge in [0.05, 0.1) is 9.90 Å². The zero-order valence-corrected chi connectivity index (χ0v) is 11.0. The zero-order valence-electron chi connectivity index (χ0n) is 8.69. The Balaban J connectivity index is 2.14. The first-order valence-electron chi connectivity index (χ1n) is 4.88. The SMILES string of the molecule is O=C(C=Cc1ccc(Cl)cc1)c1sccc1Cl. The quantitative estimate of drug-likeness (QED) is 0.575. The summed E-state index contributed by atoms with van der Waals surface area (Å²) in [5, 5.41) is 2.97. The normalized spacial score (nSPS) is 10.9. The Hall–Kier alpha value is -1.09. The van der Waals surface area contributed by atoms with Crippen molar-refractivity contribution < 1.29 is 4.79 Å². The molecule has 0 saturated heterocycles. The van der Waals surface area contributed by atoms with Gasteiger partial charge in [0.25, 0.3) is 0 Å². The number of carbonyl (C=O) groups is 1. The summed E-state index contributed by atoms with van der Waals surface area (Å²) in [4.78, 5) is 12.3. The fourth-order valence-electron chi connectivity index (χ4n) is 1.29. The van der Waals surface area contributed by atoms with Gasteiger partial charge in [-0.05, 0) is 35.2 Å². The van der Waals surface area contributed by atoms with Crippen LogP contribution in [0.1, 0.15) is 15.2 Å². The molecule has 0 aliphatic heterocycles. The van der Waals surface area contributed by atoms with Crippen LogP contribution in [0.5, 0.6) is 0 Å². The number of rotatable bonds is 3. The van der Waals surface area contributed by atoms with E-state index >= 15 is 0 Å². The summed E-state index contributed by atoms with van der Waals surface area (Å²) in [5.74, 6) is -0.0834. The maximum absolute atomic E-state index is 11.8. The third-order valence-electron chi connectivity index (χ3n) is 2.14. The van der Waals surface area contributed by atoms with Crippen molar-refractivity contribution in [3.05, 3.63) is 62.3 Å². The van der Waals surface area contributed by atoms with E-state index in [4.69, 9.17) is 23.2 Å². The first kappa shape index (κ1) is 12.4. The third-order valence-corrected chi connectivity index (χ3v) is 3.75. The number of hydrogen-bond donors (Lipinski definition) is 0. The molecule has 0 atom stereocenters. The van der Waals surface area contributed by atoms with Gasteiger partial charge < -0.3 is 0 Å². The van der Waals surface area contributed by atoms with Crippen LogP contribution in [0.25, 0.3) is 6.08 Å². The van der Waals surface area contributed by atoms with Crippen LogP contribution in [-0.4, -0.2) is 5.78 Å². The number of halogens is 2. The smallest absolute Gasteiger partial charge is 0.197 e. The van der Waals surface area contributed by atoms with Crippen LogP contribution in [0.3, 0.4) is 0 Å². The molecular weight excluding hydrogens is 275 g/mol. The van der Waals surface area contributed by atoms with E-state index in [9.17, 15) is 4.79 Å². The minimum Gasteiger partial charge on any atom is -0.288 e. The molecule has 86 valence electrons. The largest absolute Gasteiger partial charge is 0.288 e. The van der Waals surface area contributed by atoms with Gasteiger partial charge in [-0.2, -0.15) is 0 Å². The van der Waals surface area contributed by atoms with Crippen molar-refractivity contribution in [2.45, 2.75) is 0 Å². The Kier molecular flexibility index (Phi) is 4.00. The van der Waals surface area contributed by atoms with E-state index in [1.54, 1.807) is 29.7 Å². The molecule has 2 rings (SSSR count). The van der Waals surface area contributed by atoms with Crippen LogP contribution >= 0.6 is 34.5 Å². The van der Waals surface area contributed by atoms with Gasteiger partial charge in [0.15, 0.2) is 5.78 Å². The molecule has 4 heteroatoms. The van der Waals surface area contributed by atoms with Crippen molar-refractivity contribution in [1.29, 1.82) is 0 Å². The lowest BCUT2D eigenvalue weighted by atomic mass is 10.2. The summed E-state index contributed by atoms with van der Waals surface area (Å²) in [6.45, 7) is 0. The van der Waals surface area contributed by atoms with Crippen molar-refractivity contribution in [2.75, 3.05) is 0 Å². The molecule has 0 fully saturated rings. The second kappa shape index (κ2) is 5.50. The average Bonchev–Trinajstić information content (AvgIpc) is 2.74. The molecule has 1 heterocycles. The van der Waals surface area contributed by atoms with Gasteiger partial charge in [-0.25, -0.2) is 0 Å². The predicted octanol–water partition coefficient (Wildman–Crippen LogP) is 4.95. The van der Waals surface area contributed by atoms with Crippen LogP contribution in [-0.2, 0) is 0 Å². The number of thiophene rings is 1. The topological polar surface area (TPSA) is 17.1 Å². The fraction of sp³-hybridized carbons (Fsp3) is 0.